The maximum atomic E-state index is 9.71. The molecule has 116 valence electrons. The van der Waals surface area contributed by atoms with Crippen molar-refractivity contribution >= 4 is 5.82 Å². The van der Waals surface area contributed by atoms with E-state index in [2.05, 4.69) is 14.8 Å². The van der Waals surface area contributed by atoms with Crippen molar-refractivity contribution < 1.29 is 5.11 Å². The van der Waals surface area contributed by atoms with Crippen LogP contribution in [0.3, 0.4) is 0 Å². The highest BCUT2D eigenvalue weighted by atomic mass is 16.3. The van der Waals surface area contributed by atoms with Gasteiger partial charge in [-0.2, -0.15) is 0 Å². The number of anilines is 1. The van der Waals surface area contributed by atoms with Gasteiger partial charge in [0.15, 0.2) is 0 Å². The zero-order valence-corrected chi connectivity index (χ0v) is 13.0. The Hall–Kier alpha value is -1.13. The molecule has 0 aliphatic carbocycles. The largest absolute Gasteiger partial charge is 0.389 e. The summed E-state index contributed by atoms with van der Waals surface area (Å²) in [5.74, 6) is 1.02. The van der Waals surface area contributed by atoms with E-state index >= 15 is 0 Å². The lowest BCUT2D eigenvalue weighted by Gasteiger charge is -2.40. The second-order valence-electron chi connectivity index (χ2n) is 6.44. The molecule has 0 aromatic carbocycles. The molecule has 0 bridgehead atoms. The standard InChI is InChI=1S/C17H27N3O/c1-14(21)15-5-8-18-17(13-15)20-11-6-16(7-12-20)19-9-3-2-4-10-19/h5,8,13-14,16,21H,2-4,6-7,9-12H2,1H3/t14-/m1/s1. The molecule has 2 fully saturated rings. The van der Waals surface area contributed by atoms with Gasteiger partial charge in [-0.05, 0) is 63.4 Å². The Morgan fingerprint density at radius 2 is 1.86 bits per heavy atom. The summed E-state index contributed by atoms with van der Waals surface area (Å²) in [6, 6.07) is 4.70. The van der Waals surface area contributed by atoms with E-state index in [9.17, 15) is 5.11 Å². The number of pyridine rings is 1. The minimum Gasteiger partial charge on any atom is -0.389 e. The van der Waals surface area contributed by atoms with Crippen molar-refractivity contribution in [2.24, 2.45) is 0 Å². The van der Waals surface area contributed by atoms with Gasteiger partial charge in [0, 0.05) is 25.3 Å². The van der Waals surface area contributed by atoms with E-state index in [1.807, 2.05) is 25.3 Å². The van der Waals surface area contributed by atoms with Crippen LogP contribution in [0, 0.1) is 0 Å². The van der Waals surface area contributed by atoms with Crippen molar-refractivity contribution in [1.82, 2.24) is 9.88 Å². The second kappa shape index (κ2) is 6.75. The molecular weight excluding hydrogens is 262 g/mol. The molecule has 4 nitrogen and oxygen atoms in total. The molecule has 2 aliphatic rings. The number of nitrogens with zero attached hydrogens (tertiary/aromatic N) is 3. The molecule has 3 heterocycles. The molecular formula is C17H27N3O. The Morgan fingerprint density at radius 3 is 2.52 bits per heavy atom. The third-order valence-corrected chi connectivity index (χ3v) is 4.95. The van der Waals surface area contributed by atoms with Crippen LogP contribution in [0.15, 0.2) is 18.3 Å². The second-order valence-corrected chi connectivity index (χ2v) is 6.44. The molecule has 0 amide bonds. The van der Waals surface area contributed by atoms with Crippen molar-refractivity contribution in [3.05, 3.63) is 23.9 Å². The van der Waals surface area contributed by atoms with Crippen LogP contribution in [-0.4, -0.2) is 47.2 Å². The minimum absolute atomic E-state index is 0.419. The van der Waals surface area contributed by atoms with Gasteiger partial charge in [-0.1, -0.05) is 6.42 Å². The lowest BCUT2D eigenvalue weighted by atomic mass is 10.00. The van der Waals surface area contributed by atoms with Gasteiger partial charge in [0.1, 0.15) is 5.82 Å². The lowest BCUT2D eigenvalue weighted by molar-refractivity contribution is 0.141. The smallest absolute Gasteiger partial charge is 0.128 e. The lowest BCUT2D eigenvalue weighted by Crippen LogP contribution is -2.46. The van der Waals surface area contributed by atoms with Crippen LogP contribution in [0.4, 0.5) is 5.82 Å². The molecule has 1 aromatic rings. The molecule has 1 atom stereocenters. The predicted octanol–water partition coefficient (Wildman–Crippen LogP) is 2.59. The van der Waals surface area contributed by atoms with E-state index < -0.39 is 6.10 Å². The average Bonchev–Trinajstić information content (AvgIpc) is 2.56. The number of piperidine rings is 2. The van der Waals surface area contributed by atoms with Crippen molar-refractivity contribution in [3.63, 3.8) is 0 Å². The van der Waals surface area contributed by atoms with Gasteiger partial charge < -0.3 is 14.9 Å². The van der Waals surface area contributed by atoms with Gasteiger partial charge in [0.2, 0.25) is 0 Å². The summed E-state index contributed by atoms with van der Waals surface area (Å²) in [6.07, 6.45) is 8.02. The third kappa shape index (κ3) is 3.55. The molecule has 21 heavy (non-hydrogen) atoms. The zero-order valence-electron chi connectivity index (χ0n) is 13.0. The van der Waals surface area contributed by atoms with Gasteiger partial charge in [0.25, 0.3) is 0 Å². The van der Waals surface area contributed by atoms with Crippen molar-refractivity contribution in [2.75, 3.05) is 31.1 Å². The van der Waals surface area contributed by atoms with Gasteiger partial charge in [0.05, 0.1) is 6.10 Å². The van der Waals surface area contributed by atoms with Gasteiger partial charge in [-0.25, -0.2) is 4.98 Å². The Morgan fingerprint density at radius 1 is 1.14 bits per heavy atom. The van der Waals surface area contributed by atoms with E-state index in [-0.39, 0.29) is 0 Å². The van der Waals surface area contributed by atoms with Crippen molar-refractivity contribution in [1.29, 1.82) is 0 Å². The first-order valence-electron chi connectivity index (χ1n) is 8.37. The molecule has 1 N–H and O–H groups in total. The fourth-order valence-electron chi connectivity index (χ4n) is 3.61. The quantitative estimate of drug-likeness (QED) is 0.928. The van der Waals surface area contributed by atoms with Crippen LogP contribution in [-0.2, 0) is 0 Å². The number of aromatic nitrogens is 1. The summed E-state index contributed by atoms with van der Waals surface area (Å²) < 4.78 is 0. The van der Waals surface area contributed by atoms with Crippen LogP contribution >= 0.6 is 0 Å². The first kappa shape index (κ1) is 14.8. The predicted molar refractivity (Wildman–Crippen MR) is 85.5 cm³/mol. The minimum atomic E-state index is -0.419. The summed E-state index contributed by atoms with van der Waals surface area (Å²) >= 11 is 0. The summed E-state index contributed by atoms with van der Waals surface area (Å²) in [7, 11) is 0. The van der Waals surface area contributed by atoms with Crippen LogP contribution in [0.1, 0.15) is 50.7 Å². The highest BCUT2D eigenvalue weighted by Gasteiger charge is 2.26. The van der Waals surface area contributed by atoms with Crippen molar-refractivity contribution in [3.8, 4) is 0 Å². The molecule has 0 saturated carbocycles. The molecule has 0 unspecified atom stereocenters. The summed E-state index contributed by atoms with van der Waals surface area (Å²) in [6.45, 7) is 6.55. The maximum Gasteiger partial charge on any atom is 0.128 e. The number of hydrogen-bond donors (Lipinski definition) is 1. The number of rotatable bonds is 3. The topological polar surface area (TPSA) is 39.6 Å². The SMILES string of the molecule is C[C@@H](O)c1ccnc(N2CCC(N3CCCCC3)CC2)c1. The third-order valence-electron chi connectivity index (χ3n) is 4.95. The summed E-state index contributed by atoms with van der Waals surface area (Å²) in [5, 5.41) is 9.71. The van der Waals surface area contributed by atoms with E-state index in [0.717, 1.165) is 30.5 Å². The first-order valence-corrected chi connectivity index (χ1v) is 8.37. The highest BCUT2D eigenvalue weighted by molar-refractivity contribution is 5.42. The first-order chi connectivity index (χ1) is 10.2. The van der Waals surface area contributed by atoms with Crippen molar-refractivity contribution in [2.45, 2.75) is 51.2 Å². The van der Waals surface area contributed by atoms with Crippen LogP contribution in [0.2, 0.25) is 0 Å². The Kier molecular flexibility index (Phi) is 4.76. The van der Waals surface area contributed by atoms with Gasteiger partial charge in [-0.3, -0.25) is 0 Å². The molecule has 2 saturated heterocycles. The van der Waals surface area contributed by atoms with E-state index in [4.69, 9.17) is 0 Å². The van der Waals surface area contributed by atoms with Crippen LogP contribution < -0.4 is 4.90 Å². The Labute approximate surface area is 127 Å². The van der Waals surface area contributed by atoms with E-state index in [1.165, 1.54) is 45.2 Å². The normalized spacial score (nSPS) is 23.2. The monoisotopic (exact) mass is 289 g/mol. The fraction of sp³-hybridized carbons (Fsp3) is 0.706. The molecule has 1 aromatic heterocycles. The molecule has 0 radical (unpaired) electrons. The van der Waals surface area contributed by atoms with Crippen LogP contribution in [0.25, 0.3) is 0 Å². The zero-order chi connectivity index (χ0) is 14.7. The summed E-state index contributed by atoms with van der Waals surface area (Å²) in [4.78, 5) is 9.55. The van der Waals surface area contributed by atoms with E-state index in [1.54, 1.807) is 0 Å². The van der Waals surface area contributed by atoms with Gasteiger partial charge >= 0.3 is 0 Å². The fourth-order valence-corrected chi connectivity index (χ4v) is 3.61. The highest BCUT2D eigenvalue weighted by Crippen LogP contribution is 2.25. The molecule has 0 spiro atoms. The molecule has 3 rings (SSSR count). The van der Waals surface area contributed by atoms with Gasteiger partial charge in [-0.15, -0.1) is 0 Å². The Balaban J connectivity index is 1.59. The molecule has 2 aliphatic heterocycles. The number of aliphatic hydroxyl groups excluding tert-OH is 1. The molecule has 4 heteroatoms. The number of hydrogen-bond acceptors (Lipinski definition) is 4. The summed E-state index contributed by atoms with van der Waals surface area (Å²) in [5.41, 5.74) is 0.957. The maximum absolute atomic E-state index is 9.71. The Bertz CT molecular complexity index is 449. The number of likely N-dealkylation sites (tertiary alicyclic amines) is 1. The van der Waals surface area contributed by atoms with E-state index in [0.29, 0.717) is 0 Å². The number of aliphatic hydroxyl groups is 1. The average molecular weight is 289 g/mol. The van der Waals surface area contributed by atoms with Crippen LogP contribution in [0.5, 0.6) is 0 Å².